The van der Waals surface area contributed by atoms with Gasteiger partial charge in [0.05, 0.1) is 18.8 Å². The summed E-state index contributed by atoms with van der Waals surface area (Å²) in [5.41, 5.74) is 0.200. The Hall–Kier alpha value is -2.46. The summed E-state index contributed by atoms with van der Waals surface area (Å²) in [5, 5.41) is -0.395. The van der Waals surface area contributed by atoms with Crippen LogP contribution in [0.15, 0.2) is 39.2 Å². The van der Waals surface area contributed by atoms with Crippen LogP contribution in [0.2, 0.25) is 5.02 Å². The van der Waals surface area contributed by atoms with E-state index in [-0.39, 0.29) is 33.9 Å². The van der Waals surface area contributed by atoms with E-state index in [0.29, 0.717) is 37.6 Å². The zero-order chi connectivity index (χ0) is 28.6. The second kappa shape index (κ2) is 11.2. The Labute approximate surface area is 229 Å². The second-order valence-corrected chi connectivity index (χ2v) is 12.4. The van der Waals surface area contributed by atoms with Gasteiger partial charge in [-0.2, -0.15) is 26.3 Å². The molecule has 1 aromatic carbocycles. The predicted molar refractivity (Wildman–Crippen MR) is 136 cm³/mol. The van der Waals surface area contributed by atoms with Crippen LogP contribution >= 0.6 is 23.4 Å². The van der Waals surface area contributed by atoms with Crippen molar-refractivity contribution in [2.24, 2.45) is 15.9 Å². The Morgan fingerprint density at radius 3 is 2.41 bits per heavy atom. The molecule has 1 aromatic rings. The molecule has 0 saturated carbocycles. The van der Waals surface area contributed by atoms with Gasteiger partial charge in [-0.1, -0.05) is 23.7 Å². The third-order valence-electron chi connectivity index (χ3n) is 6.00. The van der Waals surface area contributed by atoms with Crippen LogP contribution < -0.4 is 4.72 Å². The van der Waals surface area contributed by atoms with E-state index in [1.165, 1.54) is 18.5 Å². The highest BCUT2D eigenvalue weighted by Gasteiger charge is 2.40. The molecule has 2 atom stereocenters. The van der Waals surface area contributed by atoms with Gasteiger partial charge in [0.1, 0.15) is 17.5 Å². The van der Waals surface area contributed by atoms with E-state index < -0.39 is 39.9 Å². The maximum absolute atomic E-state index is 12.9. The van der Waals surface area contributed by atoms with E-state index in [0.717, 1.165) is 17.8 Å². The van der Waals surface area contributed by atoms with E-state index in [1.54, 1.807) is 11.0 Å². The Kier molecular flexibility index (Phi) is 8.47. The van der Waals surface area contributed by atoms with Gasteiger partial charge in [-0.05, 0) is 22.6 Å². The molecular weight excluding hydrogens is 596 g/mol. The van der Waals surface area contributed by atoms with Gasteiger partial charge in [0.15, 0.2) is 5.75 Å². The molecule has 3 aliphatic rings. The molecule has 0 aromatic heterocycles. The lowest BCUT2D eigenvalue weighted by Crippen LogP contribution is -2.53. The summed E-state index contributed by atoms with van der Waals surface area (Å²) in [6.07, 6.45) is -7.45. The van der Waals surface area contributed by atoms with Gasteiger partial charge in [-0.3, -0.25) is 14.5 Å². The van der Waals surface area contributed by atoms with E-state index >= 15 is 0 Å². The minimum Gasteiger partial charge on any atom is -0.356 e. The SMILES string of the molecule is O=C(Cc1ccc(NS(=O)(=O)CC(F)(F)F)cc1Cl)N1CCN(C2=NC=NC3SC(CC(F)(F)F)=CC23)CC1. The molecule has 1 saturated heterocycles. The average Bonchev–Trinajstić information content (AvgIpc) is 3.19. The monoisotopic (exact) mass is 617 g/mol. The molecule has 0 spiro atoms. The highest BCUT2D eigenvalue weighted by molar-refractivity contribution is 8.04. The number of carbonyl (C=O) groups is 1. The number of amides is 1. The van der Waals surface area contributed by atoms with Gasteiger partial charge in [0.2, 0.25) is 15.9 Å². The summed E-state index contributed by atoms with van der Waals surface area (Å²) in [7, 11) is -4.68. The zero-order valence-electron chi connectivity index (χ0n) is 20.0. The van der Waals surface area contributed by atoms with Gasteiger partial charge >= 0.3 is 12.4 Å². The second-order valence-electron chi connectivity index (χ2n) is 9.04. The molecule has 0 radical (unpaired) electrons. The molecule has 17 heteroatoms. The molecule has 4 rings (SSSR count). The van der Waals surface area contributed by atoms with Crippen molar-refractivity contribution in [1.29, 1.82) is 0 Å². The van der Waals surface area contributed by atoms with Crippen molar-refractivity contribution in [2.45, 2.75) is 30.6 Å². The quantitative estimate of drug-likeness (QED) is 0.481. The van der Waals surface area contributed by atoms with E-state index in [2.05, 4.69) is 9.98 Å². The number of benzene rings is 1. The smallest absolute Gasteiger partial charge is 0.356 e. The highest BCUT2D eigenvalue weighted by atomic mass is 35.5. The predicted octanol–water partition coefficient (Wildman–Crippen LogP) is 4.30. The number of fused-ring (bicyclic) bond motifs is 1. The molecule has 8 nitrogen and oxygen atoms in total. The first-order valence-corrected chi connectivity index (χ1v) is 14.4. The zero-order valence-corrected chi connectivity index (χ0v) is 22.4. The van der Waals surface area contributed by atoms with E-state index in [1.807, 2.05) is 9.62 Å². The molecule has 0 bridgehead atoms. The summed E-state index contributed by atoms with van der Waals surface area (Å²) in [4.78, 5) is 25.1. The number of anilines is 1. The van der Waals surface area contributed by atoms with Crippen LogP contribution in [0.5, 0.6) is 0 Å². The summed E-state index contributed by atoms with van der Waals surface area (Å²) < 4.78 is 101. The van der Waals surface area contributed by atoms with Gasteiger partial charge in [-0.25, -0.2) is 13.4 Å². The first kappa shape index (κ1) is 29.5. The topological polar surface area (TPSA) is 94.4 Å². The summed E-state index contributed by atoms with van der Waals surface area (Å²) in [5.74, 6) is -2.09. The number of piperazine rings is 1. The number of alkyl halides is 6. The lowest BCUT2D eigenvalue weighted by Gasteiger charge is -2.39. The normalized spacial score (nSPS) is 21.9. The highest BCUT2D eigenvalue weighted by Crippen LogP contribution is 2.44. The number of sulfonamides is 1. The van der Waals surface area contributed by atoms with Crippen LogP contribution in [0, 0.1) is 5.92 Å². The largest absolute Gasteiger partial charge is 0.404 e. The molecule has 2 unspecified atom stereocenters. The Bertz CT molecular complexity index is 1310. The first-order chi connectivity index (χ1) is 18.1. The molecule has 214 valence electrons. The van der Waals surface area contributed by atoms with Crippen LogP contribution in [0.25, 0.3) is 0 Å². The fourth-order valence-electron chi connectivity index (χ4n) is 4.36. The number of carbonyl (C=O) groups excluding carboxylic acids is 1. The van der Waals surface area contributed by atoms with Crippen LogP contribution in [0.3, 0.4) is 0 Å². The van der Waals surface area contributed by atoms with Gasteiger partial charge in [0, 0.05) is 36.9 Å². The fraction of sp³-hybridized carbons (Fsp3) is 0.500. The average molecular weight is 618 g/mol. The number of allylic oxidation sites excluding steroid dienone is 1. The number of hydrogen-bond donors (Lipinski definition) is 1. The molecule has 3 aliphatic heterocycles. The maximum Gasteiger partial charge on any atom is 0.404 e. The van der Waals surface area contributed by atoms with Gasteiger partial charge in [0.25, 0.3) is 0 Å². The van der Waals surface area contributed by atoms with Crippen molar-refractivity contribution >= 4 is 57.2 Å². The number of aliphatic imine (C=N–C) groups is 2. The Morgan fingerprint density at radius 1 is 1.10 bits per heavy atom. The maximum atomic E-state index is 12.9. The van der Waals surface area contributed by atoms with Crippen molar-refractivity contribution in [2.75, 3.05) is 36.7 Å². The Morgan fingerprint density at radius 2 is 1.79 bits per heavy atom. The van der Waals surface area contributed by atoms with Crippen molar-refractivity contribution in [1.82, 2.24) is 9.80 Å². The molecule has 1 amide bonds. The lowest BCUT2D eigenvalue weighted by atomic mass is 10.0. The van der Waals surface area contributed by atoms with Gasteiger partial charge < -0.3 is 9.80 Å². The summed E-state index contributed by atoms with van der Waals surface area (Å²) in [6.45, 7) is 1.46. The van der Waals surface area contributed by atoms with Crippen LogP contribution in [-0.4, -0.2) is 86.0 Å². The fourth-order valence-corrected chi connectivity index (χ4v) is 6.84. The van der Waals surface area contributed by atoms with Crippen molar-refractivity contribution in [3.05, 3.63) is 39.8 Å². The van der Waals surface area contributed by atoms with Crippen LogP contribution in [-0.2, 0) is 21.2 Å². The molecule has 1 fully saturated rings. The molecule has 0 aliphatic carbocycles. The number of hydrogen-bond acceptors (Lipinski definition) is 7. The minimum atomic E-state index is -4.91. The third kappa shape index (κ3) is 8.03. The van der Waals surface area contributed by atoms with Crippen LogP contribution in [0.4, 0.5) is 32.0 Å². The molecule has 39 heavy (non-hydrogen) atoms. The third-order valence-corrected chi connectivity index (χ3v) is 8.84. The summed E-state index contributed by atoms with van der Waals surface area (Å²) in [6, 6.07) is 3.72. The number of halogens is 7. The number of nitrogens with one attached hydrogen (secondary N) is 1. The van der Waals surface area contributed by atoms with Crippen molar-refractivity contribution in [3.63, 3.8) is 0 Å². The van der Waals surface area contributed by atoms with Crippen LogP contribution in [0.1, 0.15) is 12.0 Å². The van der Waals surface area contributed by atoms with E-state index in [4.69, 9.17) is 11.6 Å². The molecule has 1 N–H and O–H groups in total. The standard InChI is InChI=1S/C22H22ClF6N5O3S2/c23-17-8-14(32-39(36,37)11-22(27,28)29)2-1-13(17)7-18(35)33-3-5-34(6-4-33)19-16-9-15(10-21(24,25)26)38-20(16)31-12-30-19/h1-2,8-9,12,16,20,32H,3-7,10-11H2. The Balaban J connectivity index is 1.33. The molecular formula is C22H22ClF6N5O3S2. The summed E-state index contributed by atoms with van der Waals surface area (Å²) >= 11 is 7.23. The first-order valence-electron chi connectivity index (χ1n) is 11.5. The van der Waals surface area contributed by atoms with Crippen molar-refractivity contribution < 1.29 is 39.6 Å². The van der Waals surface area contributed by atoms with Gasteiger partial charge in [-0.15, -0.1) is 11.8 Å². The number of amidine groups is 1. The van der Waals surface area contributed by atoms with Crippen molar-refractivity contribution in [3.8, 4) is 0 Å². The number of rotatable bonds is 6. The van der Waals surface area contributed by atoms with E-state index in [9.17, 15) is 39.6 Å². The number of thioether (sulfide) groups is 1. The molecule has 3 heterocycles. The lowest BCUT2D eigenvalue weighted by molar-refractivity contribution is -0.131. The minimum absolute atomic E-state index is 0.0104. The number of nitrogens with zero attached hydrogens (tertiary/aromatic N) is 4.